The summed E-state index contributed by atoms with van der Waals surface area (Å²) in [6.45, 7) is 6.71. The number of carbonyl (C=O) groups is 3. The molecule has 3 amide bonds. The molecule has 3 saturated heterocycles. The molecular weight excluding hydrogens is 332 g/mol. The molecule has 0 aliphatic carbocycles. The highest BCUT2D eigenvalue weighted by Crippen LogP contribution is 2.36. The monoisotopic (exact) mass is 364 g/mol. The Kier molecular flexibility index (Phi) is 5.55. The van der Waals surface area contributed by atoms with E-state index in [0.29, 0.717) is 18.9 Å². The van der Waals surface area contributed by atoms with E-state index >= 15 is 0 Å². The third kappa shape index (κ3) is 3.72. The number of rotatable bonds is 4. The van der Waals surface area contributed by atoms with E-state index in [-0.39, 0.29) is 48.2 Å². The van der Waals surface area contributed by atoms with Crippen molar-refractivity contribution in [2.75, 3.05) is 33.2 Å². The molecule has 146 valence electrons. The van der Waals surface area contributed by atoms with E-state index in [2.05, 4.69) is 25.8 Å². The minimum atomic E-state index is -0.328. The van der Waals surface area contributed by atoms with E-state index < -0.39 is 0 Å². The predicted octanol–water partition coefficient (Wildman–Crippen LogP) is 0.288. The van der Waals surface area contributed by atoms with Gasteiger partial charge in [0.25, 0.3) is 0 Å². The van der Waals surface area contributed by atoms with Gasteiger partial charge in [-0.25, -0.2) is 0 Å². The number of likely N-dealkylation sites (tertiary alicyclic amines) is 1. The molecule has 0 saturated carbocycles. The molecule has 26 heavy (non-hydrogen) atoms. The van der Waals surface area contributed by atoms with E-state index in [9.17, 15) is 14.4 Å². The second-order valence-corrected chi connectivity index (χ2v) is 8.69. The Balaban J connectivity index is 1.71. The molecule has 0 radical (unpaired) electrons. The molecule has 3 atom stereocenters. The van der Waals surface area contributed by atoms with Crippen LogP contribution in [0.25, 0.3) is 0 Å². The standard InChI is InChI=1S/C19H32N4O3/c1-12(2)8-16-15(18(20)25)9-14-10-22(11-17(24)23(14)16)19(26)13-4-6-21(3)7-5-13/h12-16H,4-11H2,1-3H3,(H2,20,25)/t14-,15?,16?/m1/s1. The van der Waals surface area contributed by atoms with Gasteiger partial charge in [0.1, 0.15) is 0 Å². The van der Waals surface area contributed by atoms with Crippen molar-refractivity contribution in [1.29, 1.82) is 0 Å². The van der Waals surface area contributed by atoms with Crippen LogP contribution in [0.5, 0.6) is 0 Å². The van der Waals surface area contributed by atoms with Gasteiger partial charge in [-0.3, -0.25) is 14.4 Å². The van der Waals surface area contributed by atoms with E-state index in [1.54, 1.807) is 4.90 Å². The average molecular weight is 364 g/mol. The first kappa shape index (κ1) is 19.1. The van der Waals surface area contributed by atoms with Crippen LogP contribution in [0, 0.1) is 17.8 Å². The number of nitrogens with two attached hydrogens (primary N) is 1. The smallest absolute Gasteiger partial charge is 0.242 e. The lowest BCUT2D eigenvalue weighted by atomic mass is 9.91. The van der Waals surface area contributed by atoms with Crippen molar-refractivity contribution in [1.82, 2.24) is 14.7 Å². The molecule has 0 aromatic heterocycles. The minimum Gasteiger partial charge on any atom is -0.369 e. The van der Waals surface area contributed by atoms with Gasteiger partial charge >= 0.3 is 0 Å². The Labute approximate surface area is 155 Å². The topological polar surface area (TPSA) is 87.0 Å². The molecule has 7 nitrogen and oxygen atoms in total. The van der Waals surface area contributed by atoms with Crippen molar-refractivity contribution < 1.29 is 14.4 Å². The van der Waals surface area contributed by atoms with Gasteiger partial charge in [-0.15, -0.1) is 0 Å². The van der Waals surface area contributed by atoms with E-state index in [0.717, 1.165) is 32.4 Å². The van der Waals surface area contributed by atoms with Crippen LogP contribution in [0.3, 0.4) is 0 Å². The molecule has 3 aliphatic rings. The van der Waals surface area contributed by atoms with Gasteiger partial charge in [0.15, 0.2) is 0 Å². The van der Waals surface area contributed by atoms with Crippen molar-refractivity contribution in [2.24, 2.45) is 23.5 Å². The number of primary amides is 1. The summed E-state index contributed by atoms with van der Waals surface area (Å²) in [5.74, 6) is -0.153. The molecule has 2 N–H and O–H groups in total. The third-order valence-electron chi connectivity index (χ3n) is 6.24. The quantitative estimate of drug-likeness (QED) is 0.777. The second kappa shape index (κ2) is 7.55. The molecule has 0 aromatic carbocycles. The molecule has 3 fully saturated rings. The molecule has 3 heterocycles. The second-order valence-electron chi connectivity index (χ2n) is 8.69. The maximum atomic E-state index is 12.9. The summed E-state index contributed by atoms with van der Waals surface area (Å²) in [6.07, 6.45) is 3.07. The molecule has 0 aromatic rings. The van der Waals surface area contributed by atoms with Crippen molar-refractivity contribution in [3.8, 4) is 0 Å². The summed E-state index contributed by atoms with van der Waals surface area (Å²) in [5.41, 5.74) is 5.63. The van der Waals surface area contributed by atoms with Gasteiger partial charge in [-0.1, -0.05) is 13.8 Å². The number of hydrogen-bond acceptors (Lipinski definition) is 4. The maximum Gasteiger partial charge on any atom is 0.242 e. The van der Waals surface area contributed by atoms with Gasteiger partial charge in [-0.2, -0.15) is 0 Å². The molecule has 3 rings (SSSR count). The lowest BCUT2D eigenvalue weighted by Crippen LogP contribution is -2.59. The summed E-state index contributed by atoms with van der Waals surface area (Å²) in [4.78, 5) is 43.5. The van der Waals surface area contributed by atoms with Crippen molar-refractivity contribution in [2.45, 2.75) is 51.6 Å². The highest BCUT2D eigenvalue weighted by molar-refractivity contribution is 5.89. The fourth-order valence-corrected chi connectivity index (χ4v) is 4.89. The Morgan fingerprint density at radius 3 is 2.46 bits per heavy atom. The number of fused-ring (bicyclic) bond motifs is 1. The number of piperidine rings is 1. The van der Waals surface area contributed by atoms with E-state index in [4.69, 9.17) is 5.73 Å². The SMILES string of the molecule is CC(C)CC1C(C(N)=O)C[C@@H]2CN(C(=O)C3CCN(C)CC3)CC(=O)N12. The Hall–Kier alpha value is -1.63. The number of carbonyl (C=O) groups excluding carboxylic acids is 3. The van der Waals surface area contributed by atoms with Crippen molar-refractivity contribution in [3.05, 3.63) is 0 Å². The number of hydrogen-bond donors (Lipinski definition) is 1. The lowest BCUT2D eigenvalue weighted by Gasteiger charge is -2.42. The molecule has 3 aliphatic heterocycles. The van der Waals surface area contributed by atoms with Crippen LogP contribution < -0.4 is 5.73 Å². The van der Waals surface area contributed by atoms with Crippen LogP contribution in [0.15, 0.2) is 0 Å². The van der Waals surface area contributed by atoms with Crippen LogP contribution >= 0.6 is 0 Å². The van der Waals surface area contributed by atoms with Crippen molar-refractivity contribution >= 4 is 17.7 Å². The molecular formula is C19H32N4O3. The number of amides is 3. The lowest BCUT2D eigenvalue weighted by molar-refractivity contribution is -0.152. The molecule has 0 spiro atoms. The Morgan fingerprint density at radius 1 is 1.23 bits per heavy atom. The first-order valence-electron chi connectivity index (χ1n) is 9.85. The largest absolute Gasteiger partial charge is 0.369 e. The van der Waals surface area contributed by atoms with Gasteiger partial charge < -0.3 is 20.4 Å². The maximum absolute atomic E-state index is 12.9. The van der Waals surface area contributed by atoms with Gasteiger partial charge in [0, 0.05) is 18.5 Å². The summed E-state index contributed by atoms with van der Waals surface area (Å²) < 4.78 is 0. The zero-order valence-corrected chi connectivity index (χ0v) is 16.2. The van der Waals surface area contributed by atoms with Gasteiger partial charge in [0.05, 0.1) is 18.5 Å². The number of piperazine rings is 1. The van der Waals surface area contributed by atoms with E-state index in [1.807, 2.05) is 4.90 Å². The molecule has 0 bridgehead atoms. The first-order valence-corrected chi connectivity index (χ1v) is 9.85. The summed E-state index contributed by atoms with van der Waals surface area (Å²) in [5, 5.41) is 0. The fraction of sp³-hybridized carbons (Fsp3) is 0.842. The molecule has 7 heteroatoms. The normalized spacial score (nSPS) is 30.8. The third-order valence-corrected chi connectivity index (χ3v) is 6.24. The van der Waals surface area contributed by atoms with Crippen LogP contribution in [0.4, 0.5) is 0 Å². The summed E-state index contributed by atoms with van der Waals surface area (Å²) in [6, 6.07) is -0.196. The molecule has 2 unspecified atom stereocenters. The van der Waals surface area contributed by atoms with Gasteiger partial charge in [-0.05, 0) is 51.7 Å². The highest BCUT2D eigenvalue weighted by atomic mass is 16.2. The van der Waals surface area contributed by atoms with Crippen LogP contribution in [0.1, 0.15) is 39.5 Å². The average Bonchev–Trinajstić information content (AvgIpc) is 2.93. The zero-order valence-electron chi connectivity index (χ0n) is 16.2. The zero-order chi connectivity index (χ0) is 19.0. The Morgan fingerprint density at radius 2 is 1.88 bits per heavy atom. The summed E-state index contributed by atoms with van der Waals surface area (Å²) >= 11 is 0. The fourth-order valence-electron chi connectivity index (χ4n) is 4.89. The number of nitrogens with zero attached hydrogens (tertiary/aromatic N) is 3. The van der Waals surface area contributed by atoms with Crippen LogP contribution in [-0.4, -0.2) is 77.7 Å². The highest BCUT2D eigenvalue weighted by Gasteiger charge is 2.50. The van der Waals surface area contributed by atoms with Crippen LogP contribution in [-0.2, 0) is 14.4 Å². The predicted molar refractivity (Wildman–Crippen MR) is 98.0 cm³/mol. The van der Waals surface area contributed by atoms with E-state index in [1.165, 1.54) is 0 Å². The Bertz CT molecular complexity index is 571. The van der Waals surface area contributed by atoms with Crippen molar-refractivity contribution in [3.63, 3.8) is 0 Å². The van der Waals surface area contributed by atoms with Gasteiger partial charge in [0.2, 0.25) is 17.7 Å². The summed E-state index contributed by atoms with van der Waals surface area (Å²) in [7, 11) is 2.07. The minimum absolute atomic E-state index is 0.0188. The van der Waals surface area contributed by atoms with Crippen LogP contribution in [0.2, 0.25) is 0 Å². The first-order chi connectivity index (χ1) is 12.3.